The predicted octanol–water partition coefficient (Wildman–Crippen LogP) is 3.88. The van der Waals surface area contributed by atoms with Crippen molar-refractivity contribution < 1.29 is 9.53 Å². The lowest BCUT2D eigenvalue weighted by atomic mass is 10.0. The molecule has 1 saturated carbocycles. The summed E-state index contributed by atoms with van der Waals surface area (Å²) in [5, 5.41) is 12.2. The number of carbonyl (C=O) groups excluding carboxylic acids is 1. The highest BCUT2D eigenvalue weighted by Gasteiger charge is 2.28. The zero-order chi connectivity index (χ0) is 24.8. The predicted molar refractivity (Wildman–Crippen MR) is 140 cm³/mol. The number of piperidine rings is 1. The van der Waals surface area contributed by atoms with Crippen LogP contribution in [0, 0.1) is 13.8 Å². The zero-order valence-electron chi connectivity index (χ0n) is 20.9. The minimum Gasteiger partial charge on any atom is -0.481 e. The van der Waals surface area contributed by atoms with Gasteiger partial charge in [0.15, 0.2) is 11.5 Å². The number of hydrogen-bond donors (Lipinski definition) is 2. The Morgan fingerprint density at radius 3 is 2.56 bits per heavy atom. The number of nitrogens with zero attached hydrogens (tertiary/aromatic N) is 5. The number of rotatable bonds is 6. The Hall–Kier alpha value is -3.72. The van der Waals surface area contributed by atoms with E-state index in [2.05, 4.69) is 30.6 Å². The number of benzene rings is 1. The average molecular weight is 486 g/mol. The molecule has 4 heterocycles. The van der Waals surface area contributed by atoms with Crippen LogP contribution in [0.15, 0.2) is 36.5 Å². The van der Waals surface area contributed by atoms with E-state index in [-0.39, 0.29) is 5.91 Å². The Morgan fingerprint density at radius 1 is 1.03 bits per heavy atom. The Bertz CT molecular complexity index is 1450. The number of aryl methyl sites for hydroxylation is 2. The van der Waals surface area contributed by atoms with Crippen molar-refractivity contribution in [1.29, 1.82) is 0 Å². The summed E-state index contributed by atoms with van der Waals surface area (Å²) in [5.74, 6) is 0.681. The molecule has 3 aromatic heterocycles. The molecule has 36 heavy (non-hydrogen) atoms. The standard InChI is InChI=1S/C27H31N7O2/c1-16-14-23(32-34-15-17(2)28-26(16)34)30-27(35)21-6-8-22(20-7-9-24(36-3)31-25(20)21)33-12-10-19(11-13-33)29-18-4-5-18/h6-9,14-15,18-19,29H,4-5,10-13H2,1-3H3,(H,30,32,35). The number of pyridine rings is 1. The molecule has 1 aliphatic carbocycles. The molecule has 2 aliphatic rings. The second-order valence-electron chi connectivity index (χ2n) is 9.90. The van der Waals surface area contributed by atoms with E-state index in [4.69, 9.17) is 4.74 Å². The molecular formula is C27H31N7O2. The molecule has 0 spiro atoms. The molecule has 0 unspecified atom stereocenters. The summed E-state index contributed by atoms with van der Waals surface area (Å²) in [5.41, 5.74) is 4.80. The van der Waals surface area contributed by atoms with Gasteiger partial charge < -0.3 is 20.3 Å². The third-order valence-corrected chi connectivity index (χ3v) is 7.12. The van der Waals surface area contributed by atoms with Crippen LogP contribution in [-0.4, -0.2) is 57.8 Å². The summed E-state index contributed by atoms with van der Waals surface area (Å²) in [7, 11) is 1.59. The van der Waals surface area contributed by atoms with E-state index in [0.717, 1.165) is 60.0 Å². The zero-order valence-corrected chi connectivity index (χ0v) is 20.9. The van der Waals surface area contributed by atoms with Gasteiger partial charge in [0.05, 0.1) is 30.1 Å². The van der Waals surface area contributed by atoms with Crippen LogP contribution < -0.4 is 20.3 Å². The number of hydrogen-bond acceptors (Lipinski definition) is 7. The molecule has 9 heteroatoms. The number of ether oxygens (including phenoxy) is 1. The first-order valence-electron chi connectivity index (χ1n) is 12.6. The van der Waals surface area contributed by atoms with Crippen LogP contribution in [0.3, 0.4) is 0 Å². The van der Waals surface area contributed by atoms with E-state index in [0.29, 0.717) is 28.8 Å². The van der Waals surface area contributed by atoms with Gasteiger partial charge in [0.2, 0.25) is 5.88 Å². The van der Waals surface area contributed by atoms with E-state index in [1.807, 2.05) is 50.4 Å². The Kier molecular flexibility index (Phi) is 5.72. The maximum absolute atomic E-state index is 13.4. The van der Waals surface area contributed by atoms with Gasteiger partial charge in [0, 0.05) is 42.3 Å². The molecule has 4 aromatic rings. The minimum absolute atomic E-state index is 0.261. The van der Waals surface area contributed by atoms with Gasteiger partial charge in [-0.15, -0.1) is 5.10 Å². The molecule has 2 fully saturated rings. The van der Waals surface area contributed by atoms with E-state index < -0.39 is 0 Å². The third kappa shape index (κ3) is 4.35. The van der Waals surface area contributed by atoms with E-state index >= 15 is 0 Å². The molecule has 0 bridgehead atoms. The van der Waals surface area contributed by atoms with Gasteiger partial charge in [-0.05, 0) is 69.4 Å². The van der Waals surface area contributed by atoms with Crippen LogP contribution in [0.1, 0.15) is 47.3 Å². The fourth-order valence-corrected chi connectivity index (χ4v) is 5.12. The SMILES string of the molecule is COc1ccc2c(N3CCC(NC4CC4)CC3)ccc(C(=O)Nc3cc(C)c4nc(C)cn4n3)c2n1. The Labute approximate surface area is 209 Å². The molecule has 1 aliphatic heterocycles. The number of amides is 1. The number of anilines is 2. The van der Waals surface area contributed by atoms with Gasteiger partial charge in [-0.25, -0.2) is 14.5 Å². The first-order valence-corrected chi connectivity index (χ1v) is 12.6. The van der Waals surface area contributed by atoms with Crippen LogP contribution in [0.5, 0.6) is 5.88 Å². The molecule has 6 rings (SSSR count). The van der Waals surface area contributed by atoms with Crippen LogP contribution in [0.2, 0.25) is 0 Å². The first-order chi connectivity index (χ1) is 17.5. The van der Waals surface area contributed by atoms with E-state index in [9.17, 15) is 4.79 Å². The quantitative estimate of drug-likeness (QED) is 0.428. The second-order valence-corrected chi connectivity index (χ2v) is 9.90. The van der Waals surface area contributed by atoms with Gasteiger partial charge >= 0.3 is 0 Å². The van der Waals surface area contributed by atoms with Crippen LogP contribution in [0.4, 0.5) is 11.5 Å². The monoisotopic (exact) mass is 485 g/mol. The van der Waals surface area contributed by atoms with Crippen molar-refractivity contribution in [3.8, 4) is 5.88 Å². The van der Waals surface area contributed by atoms with Gasteiger partial charge in [-0.2, -0.15) is 0 Å². The molecule has 2 N–H and O–H groups in total. The summed E-state index contributed by atoms with van der Waals surface area (Å²) in [6, 6.07) is 10.9. The molecule has 186 valence electrons. The molecule has 1 saturated heterocycles. The average Bonchev–Trinajstić information content (AvgIpc) is 3.61. The van der Waals surface area contributed by atoms with Crippen molar-refractivity contribution in [2.24, 2.45) is 0 Å². The first kappa shape index (κ1) is 22.7. The highest BCUT2D eigenvalue weighted by molar-refractivity contribution is 6.13. The summed E-state index contributed by atoms with van der Waals surface area (Å²) in [4.78, 5) is 25.0. The normalized spacial score (nSPS) is 16.6. The molecular weight excluding hydrogens is 454 g/mol. The highest BCUT2D eigenvalue weighted by Crippen LogP contribution is 2.33. The number of methoxy groups -OCH3 is 1. The van der Waals surface area contributed by atoms with Crippen molar-refractivity contribution in [2.75, 3.05) is 30.4 Å². The van der Waals surface area contributed by atoms with Gasteiger partial charge in [0.1, 0.15) is 0 Å². The molecule has 9 nitrogen and oxygen atoms in total. The minimum atomic E-state index is -0.261. The number of fused-ring (bicyclic) bond motifs is 2. The summed E-state index contributed by atoms with van der Waals surface area (Å²) < 4.78 is 7.10. The highest BCUT2D eigenvalue weighted by atomic mass is 16.5. The summed E-state index contributed by atoms with van der Waals surface area (Å²) in [6.45, 7) is 5.83. The molecule has 0 atom stereocenters. The topological polar surface area (TPSA) is 96.7 Å². The van der Waals surface area contributed by atoms with Gasteiger partial charge in [-0.3, -0.25) is 4.79 Å². The van der Waals surface area contributed by atoms with Gasteiger partial charge in [-0.1, -0.05) is 0 Å². The Morgan fingerprint density at radius 2 is 1.81 bits per heavy atom. The number of nitrogens with one attached hydrogen (secondary N) is 2. The van der Waals surface area contributed by atoms with Crippen LogP contribution in [0.25, 0.3) is 16.6 Å². The van der Waals surface area contributed by atoms with Crippen molar-refractivity contribution in [2.45, 2.75) is 51.6 Å². The largest absolute Gasteiger partial charge is 0.481 e. The molecule has 0 radical (unpaired) electrons. The molecule has 1 amide bonds. The lowest BCUT2D eigenvalue weighted by Gasteiger charge is -2.35. The maximum Gasteiger partial charge on any atom is 0.259 e. The number of imidazole rings is 1. The Balaban J connectivity index is 1.30. The van der Waals surface area contributed by atoms with Crippen molar-refractivity contribution >= 4 is 34.0 Å². The lowest BCUT2D eigenvalue weighted by Crippen LogP contribution is -2.43. The van der Waals surface area contributed by atoms with Crippen LogP contribution >= 0.6 is 0 Å². The second kappa shape index (κ2) is 9.05. The third-order valence-electron chi connectivity index (χ3n) is 7.12. The fourth-order valence-electron chi connectivity index (χ4n) is 5.12. The lowest BCUT2D eigenvalue weighted by molar-refractivity contribution is 0.102. The van der Waals surface area contributed by atoms with Crippen molar-refractivity contribution in [3.63, 3.8) is 0 Å². The van der Waals surface area contributed by atoms with E-state index in [1.54, 1.807) is 11.6 Å². The summed E-state index contributed by atoms with van der Waals surface area (Å²) in [6.07, 6.45) is 6.70. The maximum atomic E-state index is 13.4. The van der Waals surface area contributed by atoms with Crippen molar-refractivity contribution in [3.05, 3.63) is 53.3 Å². The van der Waals surface area contributed by atoms with Crippen molar-refractivity contribution in [1.82, 2.24) is 24.9 Å². The summed E-state index contributed by atoms with van der Waals surface area (Å²) >= 11 is 0. The number of aromatic nitrogens is 4. The van der Waals surface area contributed by atoms with E-state index in [1.165, 1.54) is 12.8 Å². The smallest absolute Gasteiger partial charge is 0.259 e. The number of carbonyl (C=O) groups is 1. The fraction of sp³-hybridized carbons (Fsp3) is 0.407. The van der Waals surface area contributed by atoms with Gasteiger partial charge in [0.25, 0.3) is 5.91 Å². The van der Waals surface area contributed by atoms with Crippen LogP contribution in [-0.2, 0) is 0 Å². The molecule has 1 aromatic carbocycles.